The van der Waals surface area contributed by atoms with Gasteiger partial charge >= 0.3 is 5.97 Å². The quantitative estimate of drug-likeness (QED) is 0.265. The Morgan fingerprint density at radius 2 is 1.31 bits per heavy atom. The molecule has 0 aromatic heterocycles. The van der Waals surface area contributed by atoms with E-state index in [1.165, 1.54) is 0 Å². The lowest BCUT2D eigenvalue weighted by Crippen LogP contribution is -2.62. The topological polar surface area (TPSA) is 211 Å². The zero-order valence-electron chi connectivity index (χ0n) is 46.2. The van der Waals surface area contributed by atoms with E-state index < -0.39 is 84.4 Å². The van der Waals surface area contributed by atoms with Gasteiger partial charge in [0.25, 0.3) is 0 Å². The lowest BCUT2D eigenvalue weighted by molar-refractivity contribution is -0.392. The molecule has 31 unspecified atom stereocenters. The first kappa shape index (κ1) is 53.0. The highest BCUT2D eigenvalue weighted by atomic mass is 16.9. The highest BCUT2D eigenvalue weighted by Gasteiger charge is 2.73. The van der Waals surface area contributed by atoms with Crippen LogP contribution in [0.2, 0.25) is 0 Å². The molecule has 19 heteroatoms. The molecule has 3 spiro atoms. The molecule has 16 rings (SSSR count). The molecule has 434 valence electrons. The standard InChI is InChI=1S/C59H85NO18/c1-26-16-32-8-10-36-27(2)17-34(63-36)12-14-57-25-56(7)53(77-57)52-51(74-56)50(76-57)49-37(66-52)11-9-33(65-49)18-44(62)70-47-31(6)48-55(69-40(47)19-38(64-32)30(26)5)71-54-43(68-48)24-59(78-54)23-42-46(75-59)29(4)22-58(73-42)21-28(3)45-41(72-58)20-39(67-45)35(61)13-15-60/h26,28-29,31-43,45-55,61H,2,5,8-25,60H2,1,3-4,6-7H3. The Morgan fingerprint density at radius 1 is 0.577 bits per heavy atom. The maximum Gasteiger partial charge on any atom is 0.308 e. The molecule has 19 nitrogen and oxygen atoms in total. The third kappa shape index (κ3) is 8.85. The van der Waals surface area contributed by atoms with E-state index in [4.69, 9.17) is 81.5 Å². The molecular weight excluding hydrogens is 1010 g/mol. The van der Waals surface area contributed by atoms with Gasteiger partial charge in [0.05, 0.1) is 79.7 Å². The molecule has 0 radical (unpaired) electrons. The molecule has 3 N–H and O–H groups in total. The van der Waals surface area contributed by atoms with Crippen molar-refractivity contribution in [2.45, 2.75) is 307 Å². The number of carbonyl (C=O) groups is 1. The number of aliphatic hydroxyl groups is 1. The fraction of sp³-hybridized carbons (Fsp3) is 0.915. The number of hydrogen-bond donors (Lipinski definition) is 2. The summed E-state index contributed by atoms with van der Waals surface area (Å²) < 4.78 is 110. The minimum absolute atomic E-state index is 0.000753. The van der Waals surface area contributed by atoms with E-state index in [1.807, 2.05) is 0 Å². The molecule has 0 aliphatic carbocycles. The number of ether oxygens (including phenoxy) is 16. The molecule has 31 atom stereocenters. The van der Waals surface area contributed by atoms with Crippen molar-refractivity contribution < 1.29 is 85.7 Å². The van der Waals surface area contributed by atoms with Crippen LogP contribution in [0.25, 0.3) is 0 Å². The number of fused-ring (bicyclic) bond motifs is 10. The van der Waals surface area contributed by atoms with E-state index in [0.717, 1.165) is 43.3 Å². The van der Waals surface area contributed by atoms with Crippen molar-refractivity contribution in [2.24, 2.45) is 29.4 Å². The van der Waals surface area contributed by atoms with Gasteiger partial charge in [0, 0.05) is 57.3 Å². The predicted molar refractivity (Wildman–Crippen MR) is 271 cm³/mol. The molecule has 16 aliphatic heterocycles. The highest BCUT2D eigenvalue weighted by molar-refractivity contribution is 5.70. The number of esters is 1. The second-order valence-corrected chi connectivity index (χ2v) is 27.3. The molecule has 16 saturated heterocycles. The van der Waals surface area contributed by atoms with Crippen molar-refractivity contribution >= 4 is 5.97 Å². The summed E-state index contributed by atoms with van der Waals surface area (Å²) in [7, 11) is 0. The molecule has 0 saturated carbocycles. The van der Waals surface area contributed by atoms with E-state index in [-0.39, 0.29) is 115 Å². The van der Waals surface area contributed by atoms with Crippen LogP contribution in [0.5, 0.6) is 0 Å². The van der Waals surface area contributed by atoms with Gasteiger partial charge < -0.3 is 86.6 Å². The summed E-state index contributed by atoms with van der Waals surface area (Å²) >= 11 is 0. The molecular formula is C59H85NO18. The normalized spacial score (nSPS) is 58.3. The number of aliphatic hydroxyl groups excluding tert-OH is 1. The van der Waals surface area contributed by atoms with Gasteiger partial charge in [0.1, 0.15) is 60.5 Å². The van der Waals surface area contributed by atoms with Gasteiger partial charge in [-0.1, -0.05) is 40.9 Å². The van der Waals surface area contributed by atoms with Crippen LogP contribution in [-0.4, -0.2) is 181 Å². The Balaban J connectivity index is 0.666. The number of nitrogens with two attached hydrogens (primary N) is 1. The van der Waals surface area contributed by atoms with Crippen molar-refractivity contribution in [3.8, 4) is 0 Å². The summed E-state index contributed by atoms with van der Waals surface area (Å²) in [4.78, 5) is 14.6. The van der Waals surface area contributed by atoms with Gasteiger partial charge in [0.2, 0.25) is 0 Å². The van der Waals surface area contributed by atoms with Crippen molar-refractivity contribution in [1.29, 1.82) is 0 Å². The molecule has 16 fully saturated rings. The van der Waals surface area contributed by atoms with Gasteiger partial charge in [-0.05, 0) is 93.7 Å². The summed E-state index contributed by atoms with van der Waals surface area (Å²) in [5.74, 6) is -2.94. The Labute approximate surface area is 458 Å². The average molecular weight is 1100 g/mol. The number of hydrogen-bond acceptors (Lipinski definition) is 19. The maximum atomic E-state index is 14.6. The Hall–Kier alpha value is -1.73. The van der Waals surface area contributed by atoms with Crippen molar-refractivity contribution in [3.05, 3.63) is 24.3 Å². The lowest BCUT2D eigenvalue weighted by atomic mass is 9.80. The van der Waals surface area contributed by atoms with Crippen LogP contribution >= 0.6 is 0 Å². The third-order valence-corrected chi connectivity index (χ3v) is 21.6. The van der Waals surface area contributed by atoms with Crippen LogP contribution in [0.1, 0.15) is 144 Å². The zero-order valence-corrected chi connectivity index (χ0v) is 46.2. The third-order valence-electron chi connectivity index (χ3n) is 21.6. The van der Waals surface area contributed by atoms with Gasteiger partial charge in [0.15, 0.2) is 29.9 Å². The van der Waals surface area contributed by atoms with Gasteiger partial charge in [-0.25, -0.2) is 0 Å². The largest absolute Gasteiger partial charge is 0.459 e. The van der Waals surface area contributed by atoms with Crippen LogP contribution in [-0.2, 0) is 80.6 Å². The molecule has 16 heterocycles. The maximum absolute atomic E-state index is 14.6. The van der Waals surface area contributed by atoms with Crippen molar-refractivity contribution in [1.82, 2.24) is 0 Å². The second kappa shape index (κ2) is 19.4. The summed E-state index contributed by atoms with van der Waals surface area (Å²) in [6.07, 6.45) is 1.76. The van der Waals surface area contributed by atoms with Gasteiger partial charge in [-0.3, -0.25) is 4.79 Å². The summed E-state index contributed by atoms with van der Waals surface area (Å²) in [6.45, 7) is 20.3. The first-order chi connectivity index (χ1) is 37.4. The SMILES string of the molecule is C=C1CC2CCC34CC5(C)OC6C(O3)C3OC(CCC3OC6C5O4)CC(=O)OC3C(CC4OC(CCC1O2)CC(C)C4=C)OC1OC2OC4(CC2OC1C3C)CC1OC2(CC(C)C3OC(C(O)CCN)CC3O2)CC(C)C1O4. The van der Waals surface area contributed by atoms with E-state index in [1.54, 1.807) is 0 Å². The summed E-state index contributed by atoms with van der Waals surface area (Å²) in [6, 6.07) is 0. The number of rotatable bonds is 3. The molecule has 0 aromatic carbocycles. The van der Waals surface area contributed by atoms with Crippen molar-refractivity contribution in [3.63, 3.8) is 0 Å². The van der Waals surface area contributed by atoms with E-state index in [0.29, 0.717) is 77.2 Å². The molecule has 78 heavy (non-hydrogen) atoms. The second-order valence-electron chi connectivity index (χ2n) is 27.3. The minimum Gasteiger partial charge on any atom is -0.459 e. The predicted octanol–water partition coefficient (Wildman–Crippen LogP) is 5.46. The van der Waals surface area contributed by atoms with Gasteiger partial charge in [-0.15, -0.1) is 0 Å². The fourth-order valence-corrected chi connectivity index (χ4v) is 17.9. The fourth-order valence-electron chi connectivity index (χ4n) is 17.9. The summed E-state index contributed by atoms with van der Waals surface area (Å²) in [5.41, 5.74) is 7.35. The Bertz CT molecular complexity index is 2350. The van der Waals surface area contributed by atoms with Crippen LogP contribution in [0.15, 0.2) is 24.3 Å². The number of carbonyl (C=O) groups excluding carboxylic acids is 1. The van der Waals surface area contributed by atoms with Crippen LogP contribution in [0, 0.1) is 23.7 Å². The molecule has 12 bridgehead atoms. The van der Waals surface area contributed by atoms with Gasteiger partial charge in [-0.2, -0.15) is 0 Å². The minimum atomic E-state index is -1.01. The summed E-state index contributed by atoms with van der Waals surface area (Å²) in [5, 5.41) is 10.8. The highest BCUT2D eigenvalue weighted by Crippen LogP contribution is 2.60. The Kier molecular flexibility index (Phi) is 13.2. The Morgan fingerprint density at radius 3 is 2.15 bits per heavy atom. The van der Waals surface area contributed by atoms with E-state index >= 15 is 0 Å². The smallest absolute Gasteiger partial charge is 0.308 e. The molecule has 16 aliphatic rings. The van der Waals surface area contributed by atoms with Crippen LogP contribution in [0.3, 0.4) is 0 Å². The van der Waals surface area contributed by atoms with Crippen molar-refractivity contribution in [2.75, 3.05) is 6.54 Å². The zero-order chi connectivity index (χ0) is 53.4. The molecule has 0 aromatic rings. The molecule has 0 amide bonds. The van der Waals surface area contributed by atoms with E-state index in [9.17, 15) is 9.90 Å². The van der Waals surface area contributed by atoms with E-state index in [2.05, 4.69) is 47.8 Å². The average Bonchev–Trinajstić information content (AvgIpc) is 3.65. The first-order valence-electron chi connectivity index (χ1n) is 30.4. The first-order valence-corrected chi connectivity index (χ1v) is 30.4. The lowest BCUT2D eigenvalue weighted by Gasteiger charge is -2.50. The monoisotopic (exact) mass is 1100 g/mol. The van der Waals surface area contributed by atoms with Crippen LogP contribution < -0.4 is 5.73 Å². The van der Waals surface area contributed by atoms with Crippen LogP contribution in [0.4, 0.5) is 0 Å².